The predicted octanol–water partition coefficient (Wildman–Crippen LogP) is 3.25. The van der Waals surface area contributed by atoms with Crippen molar-refractivity contribution in [3.8, 4) is 23.3 Å². The maximum atomic E-state index is 9.76. The Bertz CT molecular complexity index is 1040. The summed E-state index contributed by atoms with van der Waals surface area (Å²) in [6, 6.07) is 15.0. The lowest BCUT2D eigenvalue weighted by atomic mass is 9.96. The van der Waals surface area contributed by atoms with Crippen molar-refractivity contribution in [1.82, 2.24) is 9.97 Å². The summed E-state index contributed by atoms with van der Waals surface area (Å²) in [5, 5.41) is 29.0. The molecule has 0 spiro atoms. The van der Waals surface area contributed by atoms with Crippen molar-refractivity contribution in [2.24, 2.45) is 0 Å². The van der Waals surface area contributed by atoms with E-state index in [1.165, 1.54) is 11.8 Å². The summed E-state index contributed by atoms with van der Waals surface area (Å²) in [5.41, 5.74) is 9.37. The monoisotopic (exact) mass is 373 g/mol. The van der Waals surface area contributed by atoms with Gasteiger partial charge in [-0.3, -0.25) is 4.98 Å². The van der Waals surface area contributed by atoms with Gasteiger partial charge in [-0.15, -0.1) is 11.8 Å². The van der Waals surface area contributed by atoms with Gasteiger partial charge in [0.05, 0.1) is 12.2 Å². The fourth-order valence-corrected chi connectivity index (χ4v) is 3.53. The van der Waals surface area contributed by atoms with Crippen LogP contribution in [0.15, 0.2) is 53.8 Å². The minimum atomic E-state index is -0.0822. The Labute approximate surface area is 160 Å². The molecule has 0 fully saturated rings. The lowest BCUT2D eigenvalue weighted by Crippen LogP contribution is -2.03. The third-order valence-electron chi connectivity index (χ3n) is 3.94. The number of nitrogens with zero attached hydrogens (tertiary/aromatic N) is 4. The average Bonchev–Trinajstić information content (AvgIpc) is 2.72. The number of hydrogen-bond donors (Lipinski definition) is 2. The van der Waals surface area contributed by atoms with Gasteiger partial charge in [0.1, 0.15) is 28.5 Å². The number of hydrogen-bond acceptors (Lipinski definition) is 7. The van der Waals surface area contributed by atoms with Gasteiger partial charge in [-0.1, -0.05) is 30.3 Å². The number of pyridine rings is 2. The first-order valence-corrected chi connectivity index (χ1v) is 9.02. The summed E-state index contributed by atoms with van der Waals surface area (Å²) < 4.78 is 0. The Morgan fingerprint density at radius 1 is 1.04 bits per heavy atom. The maximum absolute atomic E-state index is 9.76. The molecule has 1 aromatic carbocycles. The van der Waals surface area contributed by atoms with Crippen molar-refractivity contribution in [3.05, 3.63) is 71.0 Å². The van der Waals surface area contributed by atoms with E-state index in [4.69, 9.17) is 5.73 Å². The van der Waals surface area contributed by atoms with E-state index in [1.54, 1.807) is 36.7 Å². The van der Waals surface area contributed by atoms with E-state index in [1.807, 2.05) is 12.1 Å². The van der Waals surface area contributed by atoms with Gasteiger partial charge in [-0.05, 0) is 22.8 Å². The quantitative estimate of drug-likeness (QED) is 0.659. The van der Waals surface area contributed by atoms with Crippen LogP contribution in [0.25, 0.3) is 11.1 Å². The number of nitrogens with two attached hydrogens (primary N) is 1. The van der Waals surface area contributed by atoms with Crippen LogP contribution < -0.4 is 5.73 Å². The highest BCUT2D eigenvalue weighted by molar-refractivity contribution is 7.98. The predicted molar refractivity (Wildman–Crippen MR) is 103 cm³/mol. The van der Waals surface area contributed by atoms with Crippen molar-refractivity contribution in [2.45, 2.75) is 17.4 Å². The van der Waals surface area contributed by atoms with Gasteiger partial charge in [-0.2, -0.15) is 10.5 Å². The summed E-state index contributed by atoms with van der Waals surface area (Å²) in [4.78, 5) is 8.36. The van der Waals surface area contributed by atoms with Crippen molar-refractivity contribution in [1.29, 1.82) is 10.5 Å². The standard InChI is InChI=1S/C20H15N5OS/c21-8-16-18(15-5-3-13(11-26)4-6-15)17(9-22)20(25-19(16)23)27-12-14-2-1-7-24-10-14/h1-7,10,26H,11-12H2,(H2,23,25). The number of nitriles is 2. The molecule has 0 atom stereocenters. The number of nitrogen functional groups attached to an aromatic ring is 1. The number of thioether (sulfide) groups is 1. The van der Waals surface area contributed by atoms with Crippen molar-refractivity contribution in [2.75, 3.05) is 5.73 Å². The SMILES string of the molecule is N#Cc1c(N)nc(SCc2cccnc2)c(C#N)c1-c1ccc(CO)cc1. The molecule has 0 aliphatic carbocycles. The highest BCUT2D eigenvalue weighted by Crippen LogP contribution is 2.36. The molecule has 132 valence electrons. The van der Waals surface area contributed by atoms with Crippen LogP contribution in [0.2, 0.25) is 0 Å². The molecular formula is C20H15N5OS. The summed E-state index contributed by atoms with van der Waals surface area (Å²) >= 11 is 1.37. The molecular weight excluding hydrogens is 358 g/mol. The summed E-state index contributed by atoms with van der Waals surface area (Å²) in [5.74, 6) is 0.662. The molecule has 0 aliphatic rings. The Kier molecular flexibility index (Phi) is 5.68. The molecule has 6 nitrogen and oxygen atoms in total. The van der Waals surface area contributed by atoms with Crippen LogP contribution in [0.5, 0.6) is 0 Å². The zero-order valence-corrected chi connectivity index (χ0v) is 15.1. The summed E-state index contributed by atoms with van der Waals surface area (Å²) in [6.07, 6.45) is 3.45. The number of anilines is 1. The van der Waals surface area contributed by atoms with Crippen molar-refractivity contribution < 1.29 is 5.11 Å². The van der Waals surface area contributed by atoms with Gasteiger partial charge >= 0.3 is 0 Å². The highest BCUT2D eigenvalue weighted by Gasteiger charge is 2.20. The van der Waals surface area contributed by atoms with Crippen LogP contribution in [-0.4, -0.2) is 15.1 Å². The van der Waals surface area contributed by atoms with Gasteiger partial charge in [0.2, 0.25) is 0 Å². The second kappa shape index (κ2) is 8.33. The van der Waals surface area contributed by atoms with Crippen LogP contribution >= 0.6 is 11.8 Å². The van der Waals surface area contributed by atoms with E-state index in [0.29, 0.717) is 27.5 Å². The van der Waals surface area contributed by atoms with E-state index in [9.17, 15) is 15.6 Å². The number of aromatic nitrogens is 2. The maximum Gasteiger partial charge on any atom is 0.143 e. The third kappa shape index (κ3) is 3.90. The summed E-state index contributed by atoms with van der Waals surface area (Å²) in [6.45, 7) is -0.0822. The Morgan fingerprint density at radius 2 is 1.78 bits per heavy atom. The summed E-state index contributed by atoms with van der Waals surface area (Å²) in [7, 11) is 0. The molecule has 3 rings (SSSR count). The second-order valence-corrected chi connectivity index (χ2v) is 6.62. The highest BCUT2D eigenvalue weighted by atomic mass is 32.2. The van der Waals surface area contributed by atoms with Gasteiger partial charge in [0, 0.05) is 23.7 Å². The average molecular weight is 373 g/mol. The lowest BCUT2D eigenvalue weighted by molar-refractivity contribution is 0.282. The Hall–Kier alpha value is -3.39. The van der Waals surface area contributed by atoms with Crippen molar-refractivity contribution >= 4 is 17.6 Å². The second-order valence-electron chi connectivity index (χ2n) is 5.66. The fraction of sp³-hybridized carbons (Fsp3) is 0.100. The molecule has 0 unspecified atom stereocenters. The molecule has 7 heteroatoms. The largest absolute Gasteiger partial charge is 0.392 e. The van der Waals surface area contributed by atoms with E-state index < -0.39 is 0 Å². The Balaban J connectivity index is 2.09. The van der Waals surface area contributed by atoms with E-state index in [2.05, 4.69) is 22.1 Å². The zero-order chi connectivity index (χ0) is 19.2. The first kappa shape index (κ1) is 18.4. The smallest absolute Gasteiger partial charge is 0.143 e. The molecule has 0 amide bonds. The van der Waals surface area contributed by atoms with Crippen LogP contribution in [0, 0.1) is 22.7 Å². The molecule has 0 bridgehead atoms. The number of benzene rings is 1. The fourth-order valence-electron chi connectivity index (χ4n) is 2.60. The number of aliphatic hydroxyl groups is 1. The Morgan fingerprint density at radius 3 is 2.37 bits per heavy atom. The molecule has 0 saturated carbocycles. The third-order valence-corrected chi connectivity index (χ3v) is 4.99. The van der Waals surface area contributed by atoms with Gasteiger partial charge in [0.25, 0.3) is 0 Å². The van der Waals surface area contributed by atoms with Crippen LogP contribution in [0.4, 0.5) is 5.82 Å². The number of rotatable bonds is 5. The van der Waals surface area contributed by atoms with Crippen LogP contribution in [0.1, 0.15) is 22.3 Å². The first-order chi connectivity index (χ1) is 13.2. The molecule has 3 aromatic rings. The van der Waals surface area contributed by atoms with Gasteiger partial charge in [-0.25, -0.2) is 4.98 Å². The van der Waals surface area contributed by atoms with E-state index >= 15 is 0 Å². The molecule has 27 heavy (non-hydrogen) atoms. The van der Waals surface area contributed by atoms with Crippen LogP contribution in [0.3, 0.4) is 0 Å². The topological polar surface area (TPSA) is 120 Å². The minimum absolute atomic E-state index is 0.0822. The molecule has 0 saturated heterocycles. The molecule has 0 aliphatic heterocycles. The molecule has 3 N–H and O–H groups in total. The van der Waals surface area contributed by atoms with E-state index in [0.717, 1.165) is 11.1 Å². The molecule has 2 heterocycles. The lowest BCUT2D eigenvalue weighted by Gasteiger charge is -2.13. The van der Waals surface area contributed by atoms with Gasteiger partial charge < -0.3 is 10.8 Å². The zero-order valence-electron chi connectivity index (χ0n) is 14.3. The minimum Gasteiger partial charge on any atom is -0.392 e. The normalized spacial score (nSPS) is 10.2. The van der Waals surface area contributed by atoms with Crippen molar-refractivity contribution in [3.63, 3.8) is 0 Å². The van der Waals surface area contributed by atoms with Gasteiger partial charge in [0.15, 0.2) is 0 Å². The molecule has 0 radical (unpaired) electrons. The number of aliphatic hydroxyl groups excluding tert-OH is 1. The molecule has 2 aromatic heterocycles. The van der Waals surface area contributed by atoms with E-state index in [-0.39, 0.29) is 18.0 Å². The van der Waals surface area contributed by atoms with Crippen LogP contribution in [-0.2, 0) is 12.4 Å². The first-order valence-electron chi connectivity index (χ1n) is 8.03.